The topological polar surface area (TPSA) is 54.5 Å². The number of nitrogens with zero attached hydrogens (tertiary/aromatic N) is 4. The number of nitriles is 1. The Morgan fingerprint density at radius 2 is 1.96 bits per heavy atom. The number of hydrogen-bond donors (Lipinski definition) is 0. The Labute approximate surface area is 156 Å². The molecule has 3 aromatic rings. The number of allylic oxidation sites excluding steroid dienone is 1. The van der Waals surface area contributed by atoms with Crippen LogP contribution in [0.3, 0.4) is 0 Å². The molecule has 0 amide bonds. The quantitative estimate of drug-likeness (QED) is 0.608. The lowest BCUT2D eigenvalue weighted by molar-refractivity contribution is 0.680. The van der Waals surface area contributed by atoms with Gasteiger partial charge in [-0.25, -0.2) is 4.68 Å². The minimum absolute atomic E-state index is 0.433. The molecule has 0 unspecified atom stereocenters. The standard InChI is InChI=1S/C19H14Cl2N4/c1-13-16(10-15(11-22)18-8-4-5-9-23-18)19(21)25(24-13)12-14-6-2-3-7-17(14)20/h2-10H,12H2,1H3/b15-10+. The van der Waals surface area contributed by atoms with E-state index < -0.39 is 0 Å². The smallest absolute Gasteiger partial charge is 0.134 e. The number of rotatable bonds is 4. The first kappa shape index (κ1) is 17.2. The van der Waals surface area contributed by atoms with Gasteiger partial charge in [0.25, 0.3) is 0 Å². The van der Waals surface area contributed by atoms with Crippen LogP contribution in [-0.2, 0) is 6.54 Å². The highest BCUT2D eigenvalue weighted by Crippen LogP contribution is 2.27. The van der Waals surface area contributed by atoms with Crippen molar-refractivity contribution in [1.29, 1.82) is 5.26 Å². The molecule has 0 atom stereocenters. The molecule has 0 radical (unpaired) electrons. The molecule has 4 nitrogen and oxygen atoms in total. The van der Waals surface area contributed by atoms with Crippen LogP contribution in [0.4, 0.5) is 0 Å². The van der Waals surface area contributed by atoms with Crippen LogP contribution in [0.15, 0.2) is 48.7 Å². The first-order valence-corrected chi connectivity index (χ1v) is 8.35. The summed E-state index contributed by atoms with van der Waals surface area (Å²) in [5.41, 5.74) is 3.40. The summed E-state index contributed by atoms with van der Waals surface area (Å²) in [7, 11) is 0. The summed E-state index contributed by atoms with van der Waals surface area (Å²) in [4.78, 5) is 4.21. The third kappa shape index (κ3) is 3.74. The highest BCUT2D eigenvalue weighted by molar-refractivity contribution is 6.32. The van der Waals surface area contributed by atoms with Crippen LogP contribution in [0.1, 0.15) is 22.5 Å². The van der Waals surface area contributed by atoms with Crippen LogP contribution in [-0.4, -0.2) is 14.8 Å². The molecule has 1 aromatic carbocycles. The number of benzene rings is 1. The van der Waals surface area contributed by atoms with Crippen molar-refractivity contribution in [2.24, 2.45) is 0 Å². The van der Waals surface area contributed by atoms with E-state index in [0.29, 0.717) is 33.6 Å². The average molecular weight is 369 g/mol. The zero-order valence-corrected chi connectivity index (χ0v) is 15.0. The maximum absolute atomic E-state index is 9.45. The molecule has 0 bridgehead atoms. The zero-order valence-electron chi connectivity index (χ0n) is 13.4. The molecule has 0 spiro atoms. The predicted octanol–water partition coefficient (Wildman–Crippen LogP) is 5.01. The lowest BCUT2D eigenvalue weighted by Crippen LogP contribution is -2.02. The largest absolute Gasteiger partial charge is 0.256 e. The summed E-state index contributed by atoms with van der Waals surface area (Å²) in [6, 6.07) is 15.2. The van der Waals surface area contributed by atoms with E-state index in [9.17, 15) is 5.26 Å². The van der Waals surface area contributed by atoms with Gasteiger partial charge < -0.3 is 0 Å². The van der Waals surface area contributed by atoms with E-state index in [1.54, 1.807) is 29.1 Å². The summed E-state index contributed by atoms with van der Waals surface area (Å²) in [6.07, 6.45) is 3.37. The summed E-state index contributed by atoms with van der Waals surface area (Å²) in [5, 5.41) is 15.1. The second-order valence-corrected chi connectivity index (χ2v) is 6.19. The maximum atomic E-state index is 9.45. The second kappa shape index (κ2) is 7.52. The molecule has 124 valence electrons. The molecule has 6 heteroatoms. The summed E-state index contributed by atoms with van der Waals surface area (Å²) < 4.78 is 1.68. The first-order chi connectivity index (χ1) is 12.1. The first-order valence-electron chi connectivity index (χ1n) is 7.59. The van der Waals surface area contributed by atoms with Crippen molar-refractivity contribution < 1.29 is 0 Å². The molecule has 3 rings (SSSR count). The van der Waals surface area contributed by atoms with Gasteiger partial charge in [-0.3, -0.25) is 4.98 Å². The van der Waals surface area contributed by atoms with Crippen molar-refractivity contribution >= 4 is 34.9 Å². The van der Waals surface area contributed by atoms with Crippen LogP contribution in [0.25, 0.3) is 11.6 Å². The second-order valence-electron chi connectivity index (χ2n) is 5.42. The zero-order chi connectivity index (χ0) is 17.8. The Balaban J connectivity index is 1.99. The molecule has 0 N–H and O–H groups in total. The number of pyridine rings is 1. The van der Waals surface area contributed by atoms with Gasteiger partial charge in [0.2, 0.25) is 0 Å². The Morgan fingerprint density at radius 3 is 2.64 bits per heavy atom. The van der Waals surface area contributed by atoms with E-state index >= 15 is 0 Å². The molecule has 25 heavy (non-hydrogen) atoms. The number of aromatic nitrogens is 3. The number of hydrogen-bond acceptors (Lipinski definition) is 3. The molecular formula is C19H14Cl2N4. The number of halogens is 2. The third-order valence-electron chi connectivity index (χ3n) is 3.74. The van der Waals surface area contributed by atoms with Gasteiger partial charge in [-0.1, -0.05) is 47.5 Å². The average Bonchev–Trinajstić information content (AvgIpc) is 2.89. The molecular weight excluding hydrogens is 355 g/mol. The summed E-state index contributed by atoms with van der Waals surface area (Å²) in [6.45, 7) is 2.31. The van der Waals surface area contributed by atoms with Crippen molar-refractivity contribution in [2.75, 3.05) is 0 Å². The Kier molecular flexibility index (Phi) is 5.18. The van der Waals surface area contributed by atoms with Gasteiger partial charge in [-0.15, -0.1) is 0 Å². The van der Waals surface area contributed by atoms with Crippen LogP contribution in [0, 0.1) is 18.3 Å². The van der Waals surface area contributed by atoms with Gasteiger partial charge in [0.05, 0.1) is 23.5 Å². The lowest BCUT2D eigenvalue weighted by atomic mass is 10.1. The normalized spacial score (nSPS) is 11.4. The maximum Gasteiger partial charge on any atom is 0.134 e. The van der Waals surface area contributed by atoms with Crippen LogP contribution in [0.2, 0.25) is 10.2 Å². The van der Waals surface area contributed by atoms with Crippen LogP contribution >= 0.6 is 23.2 Å². The minimum atomic E-state index is 0.433. The van der Waals surface area contributed by atoms with Gasteiger partial charge in [0, 0.05) is 16.8 Å². The molecule has 0 saturated heterocycles. The van der Waals surface area contributed by atoms with E-state index in [4.69, 9.17) is 23.2 Å². The highest BCUT2D eigenvalue weighted by atomic mass is 35.5. The van der Waals surface area contributed by atoms with Crippen molar-refractivity contribution in [3.8, 4) is 6.07 Å². The van der Waals surface area contributed by atoms with E-state index in [1.807, 2.05) is 37.3 Å². The van der Waals surface area contributed by atoms with Gasteiger partial charge >= 0.3 is 0 Å². The molecule has 0 saturated carbocycles. The Bertz CT molecular complexity index is 969. The van der Waals surface area contributed by atoms with Crippen LogP contribution < -0.4 is 0 Å². The van der Waals surface area contributed by atoms with E-state index in [-0.39, 0.29) is 0 Å². The van der Waals surface area contributed by atoms with Gasteiger partial charge in [0.1, 0.15) is 11.2 Å². The van der Waals surface area contributed by atoms with Crippen molar-refractivity contribution in [3.63, 3.8) is 0 Å². The van der Waals surface area contributed by atoms with Crippen LogP contribution in [0.5, 0.6) is 0 Å². The van der Waals surface area contributed by atoms with Crippen molar-refractivity contribution in [1.82, 2.24) is 14.8 Å². The Hall–Kier alpha value is -2.61. The fourth-order valence-electron chi connectivity index (χ4n) is 2.45. The third-order valence-corrected chi connectivity index (χ3v) is 4.50. The van der Waals surface area contributed by atoms with Crippen molar-refractivity contribution in [2.45, 2.75) is 13.5 Å². The Morgan fingerprint density at radius 1 is 1.20 bits per heavy atom. The SMILES string of the molecule is Cc1nn(Cc2ccccc2Cl)c(Cl)c1/C=C(\C#N)c1ccccn1. The molecule has 0 aliphatic heterocycles. The molecule has 0 aliphatic rings. The molecule has 2 aromatic heterocycles. The van der Waals surface area contributed by atoms with Crippen molar-refractivity contribution in [3.05, 3.63) is 81.4 Å². The summed E-state index contributed by atoms with van der Waals surface area (Å²) in [5.74, 6) is 0. The molecule has 0 aliphatic carbocycles. The van der Waals surface area contributed by atoms with Gasteiger partial charge in [-0.05, 0) is 36.8 Å². The molecule has 0 fully saturated rings. The van der Waals surface area contributed by atoms with E-state index in [0.717, 1.165) is 11.3 Å². The summed E-state index contributed by atoms with van der Waals surface area (Å²) >= 11 is 12.7. The van der Waals surface area contributed by atoms with Gasteiger partial charge in [-0.2, -0.15) is 10.4 Å². The fourth-order valence-corrected chi connectivity index (χ4v) is 2.94. The predicted molar refractivity (Wildman–Crippen MR) is 100 cm³/mol. The lowest BCUT2D eigenvalue weighted by Gasteiger charge is -2.05. The van der Waals surface area contributed by atoms with E-state index in [2.05, 4.69) is 16.2 Å². The van der Waals surface area contributed by atoms with Gasteiger partial charge in [0.15, 0.2) is 0 Å². The highest BCUT2D eigenvalue weighted by Gasteiger charge is 2.14. The number of aryl methyl sites for hydroxylation is 1. The molecule has 2 heterocycles. The fraction of sp³-hybridized carbons (Fsp3) is 0.105. The van der Waals surface area contributed by atoms with E-state index in [1.165, 1.54) is 0 Å². The minimum Gasteiger partial charge on any atom is -0.256 e. The monoisotopic (exact) mass is 368 g/mol.